The zero-order chi connectivity index (χ0) is 23.9. The van der Waals surface area contributed by atoms with Crippen LogP contribution in [0.15, 0.2) is 48.5 Å². The molecule has 7 nitrogen and oxygen atoms in total. The largest absolute Gasteiger partial charge is 0.497 e. The van der Waals surface area contributed by atoms with Gasteiger partial charge in [0.15, 0.2) is 0 Å². The molecule has 4 rings (SSSR count). The van der Waals surface area contributed by atoms with Gasteiger partial charge in [0.2, 0.25) is 5.91 Å². The van der Waals surface area contributed by atoms with Gasteiger partial charge in [0.05, 0.1) is 20.8 Å². The Labute approximate surface area is 201 Å². The predicted molar refractivity (Wildman–Crippen MR) is 129 cm³/mol. The lowest BCUT2D eigenvalue weighted by atomic mass is 9.92. The molecular formula is C27H34N2O5. The molecule has 2 aliphatic rings. The molecule has 0 atom stereocenters. The highest BCUT2D eigenvalue weighted by molar-refractivity contribution is 5.95. The number of hydrogen-bond donors (Lipinski definition) is 0. The van der Waals surface area contributed by atoms with Gasteiger partial charge in [0, 0.05) is 43.7 Å². The Balaban J connectivity index is 1.23. The summed E-state index contributed by atoms with van der Waals surface area (Å²) in [6.07, 6.45) is 3.33. The molecule has 2 heterocycles. The monoisotopic (exact) mass is 466 g/mol. The van der Waals surface area contributed by atoms with Crippen molar-refractivity contribution in [1.29, 1.82) is 0 Å². The Hall–Kier alpha value is -3.22. The van der Waals surface area contributed by atoms with Crippen molar-refractivity contribution in [3.63, 3.8) is 0 Å². The maximum atomic E-state index is 13.1. The minimum Gasteiger partial charge on any atom is -0.497 e. The van der Waals surface area contributed by atoms with E-state index in [9.17, 15) is 9.59 Å². The lowest BCUT2D eigenvalue weighted by Gasteiger charge is -2.37. The minimum absolute atomic E-state index is 0.0129. The maximum Gasteiger partial charge on any atom is 0.254 e. The Morgan fingerprint density at radius 1 is 0.794 bits per heavy atom. The second kappa shape index (κ2) is 11.3. The summed E-state index contributed by atoms with van der Waals surface area (Å²) in [6.45, 7) is 3.42. The highest BCUT2D eigenvalue weighted by atomic mass is 16.5. The summed E-state index contributed by atoms with van der Waals surface area (Å²) in [5.74, 6) is 2.72. The van der Waals surface area contributed by atoms with Crippen molar-refractivity contribution >= 4 is 11.8 Å². The molecule has 0 saturated carbocycles. The van der Waals surface area contributed by atoms with E-state index in [1.54, 1.807) is 32.4 Å². The van der Waals surface area contributed by atoms with Crippen molar-refractivity contribution in [2.75, 3.05) is 47.0 Å². The number of ether oxygens (including phenoxy) is 3. The van der Waals surface area contributed by atoms with E-state index in [1.165, 1.54) is 0 Å². The first-order valence-electron chi connectivity index (χ1n) is 12.1. The summed E-state index contributed by atoms with van der Waals surface area (Å²) in [7, 11) is 3.14. The molecule has 0 spiro atoms. The third kappa shape index (κ3) is 5.82. The van der Waals surface area contributed by atoms with Crippen LogP contribution >= 0.6 is 0 Å². The highest BCUT2D eigenvalue weighted by Crippen LogP contribution is 2.27. The van der Waals surface area contributed by atoms with Crippen molar-refractivity contribution in [3.8, 4) is 17.2 Å². The summed E-state index contributed by atoms with van der Waals surface area (Å²) in [5, 5.41) is 0. The van der Waals surface area contributed by atoms with Gasteiger partial charge in [-0.2, -0.15) is 0 Å². The molecule has 7 heteroatoms. The number of piperidine rings is 2. The Kier molecular flexibility index (Phi) is 7.93. The average Bonchev–Trinajstić information content (AvgIpc) is 2.91. The van der Waals surface area contributed by atoms with E-state index >= 15 is 0 Å². The quantitative estimate of drug-likeness (QED) is 0.620. The van der Waals surface area contributed by atoms with Crippen LogP contribution in [0.25, 0.3) is 0 Å². The molecule has 2 aromatic rings. The molecule has 182 valence electrons. The smallest absolute Gasteiger partial charge is 0.254 e. The SMILES string of the molecule is COc1cc(OC)cc(C(=O)N2CCC(C(=O)N3CCC(COc4ccccc4)CC3)CC2)c1. The number of para-hydroxylation sites is 1. The van der Waals surface area contributed by atoms with E-state index < -0.39 is 0 Å². The van der Waals surface area contributed by atoms with Gasteiger partial charge >= 0.3 is 0 Å². The summed E-state index contributed by atoms with van der Waals surface area (Å²) >= 11 is 0. The van der Waals surface area contributed by atoms with Gasteiger partial charge in [-0.25, -0.2) is 0 Å². The Bertz CT molecular complexity index is 942. The maximum absolute atomic E-state index is 13.1. The fraction of sp³-hybridized carbons (Fsp3) is 0.481. The van der Waals surface area contributed by atoms with Gasteiger partial charge in [-0.05, 0) is 55.9 Å². The van der Waals surface area contributed by atoms with E-state index in [1.807, 2.05) is 40.1 Å². The fourth-order valence-electron chi connectivity index (χ4n) is 4.75. The number of hydrogen-bond acceptors (Lipinski definition) is 5. The van der Waals surface area contributed by atoms with Gasteiger partial charge in [-0.15, -0.1) is 0 Å². The molecule has 0 bridgehead atoms. The number of nitrogens with zero attached hydrogens (tertiary/aromatic N) is 2. The topological polar surface area (TPSA) is 68.3 Å². The van der Waals surface area contributed by atoms with Crippen LogP contribution in [0.1, 0.15) is 36.0 Å². The Morgan fingerprint density at radius 3 is 1.97 bits per heavy atom. The molecule has 2 amide bonds. The summed E-state index contributed by atoms with van der Waals surface area (Å²) in [6, 6.07) is 15.1. The number of likely N-dealkylation sites (tertiary alicyclic amines) is 2. The number of carbonyl (C=O) groups is 2. The van der Waals surface area contributed by atoms with Crippen LogP contribution in [-0.4, -0.2) is 68.6 Å². The van der Waals surface area contributed by atoms with Gasteiger partial charge in [0.25, 0.3) is 5.91 Å². The average molecular weight is 467 g/mol. The van der Waals surface area contributed by atoms with Crippen LogP contribution in [0.4, 0.5) is 0 Å². The van der Waals surface area contributed by atoms with Crippen LogP contribution in [0.3, 0.4) is 0 Å². The minimum atomic E-state index is -0.0534. The van der Waals surface area contributed by atoms with Crippen LogP contribution in [-0.2, 0) is 4.79 Å². The lowest BCUT2D eigenvalue weighted by molar-refractivity contribution is -0.138. The zero-order valence-electron chi connectivity index (χ0n) is 20.1. The molecule has 0 unspecified atom stereocenters. The van der Waals surface area contributed by atoms with Crippen LogP contribution in [0.2, 0.25) is 0 Å². The van der Waals surface area contributed by atoms with Crippen LogP contribution in [0, 0.1) is 11.8 Å². The first-order chi connectivity index (χ1) is 16.6. The molecule has 0 aliphatic carbocycles. The van der Waals surface area contributed by atoms with Crippen LogP contribution < -0.4 is 14.2 Å². The fourth-order valence-corrected chi connectivity index (χ4v) is 4.75. The summed E-state index contributed by atoms with van der Waals surface area (Å²) in [5.41, 5.74) is 0.542. The summed E-state index contributed by atoms with van der Waals surface area (Å²) in [4.78, 5) is 30.0. The molecule has 0 radical (unpaired) electrons. The van der Waals surface area contributed by atoms with Crippen LogP contribution in [0.5, 0.6) is 17.2 Å². The standard InChI is InChI=1S/C27H34N2O5/c1-32-24-16-22(17-25(18-24)33-2)27(31)29-14-10-21(11-15-29)26(30)28-12-8-20(9-13-28)19-34-23-6-4-3-5-7-23/h3-7,16-18,20-21H,8-15,19H2,1-2H3. The predicted octanol–water partition coefficient (Wildman–Crippen LogP) is 3.87. The lowest BCUT2D eigenvalue weighted by Crippen LogP contribution is -2.47. The number of carbonyl (C=O) groups excluding carboxylic acids is 2. The second-order valence-corrected chi connectivity index (χ2v) is 9.06. The molecule has 2 fully saturated rings. The Morgan fingerprint density at radius 2 is 1.38 bits per heavy atom. The molecule has 34 heavy (non-hydrogen) atoms. The van der Waals surface area contributed by atoms with Crippen molar-refractivity contribution in [2.24, 2.45) is 11.8 Å². The molecule has 2 aromatic carbocycles. The third-order valence-corrected chi connectivity index (χ3v) is 6.88. The third-order valence-electron chi connectivity index (χ3n) is 6.88. The number of amides is 2. The summed E-state index contributed by atoms with van der Waals surface area (Å²) < 4.78 is 16.5. The van der Waals surface area contributed by atoms with Crippen molar-refractivity contribution < 1.29 is 23.8 Å². The number of rotatable bonds is 7. The molecule has 0 aromatic heterocycles. The molecule has 2 aliphatic heterocycles. The van der Waals surface area contributed by atoms with Gasteiger partial charge in [0.1, 0.15) is 17.2 Å². The van der Waals surface area contributed by atoms with E-state index in [4.69, 9.17) is 14.2 Å². The van der Waals surface area contributed by atoms with Crippen molar-refractivity contribution in [1.82, 2.24) is 9.80 Å². The molecular weight excluding hydrogens is 432 g/mol. The van der Waals surface area contributed by atoms with Gasteiger partial charge in [-0.3, -0.25) is 9.59 Å². The normalized spacial score (nSPS) is 17.4. The van der Waals surface area contributed by atoms with E-state index in [0.29, 0.717) is 55.5 Å². The second-order valence-electron chi connectivity index (χ2n) is 9.06. The van der Waals surface area contributed by atoms with Gasteiger partial charge < -0.3 is 24.0 Å². The van der Waals surface area contributed by atoms with E-state index in [0.717, 1.165) is 31.7 Å². The van der Waals surface area contributed by atoms with E-state index in [2.05, 4.69) is 0 Å². The van der Waals surface area contributed by atoms with E-state index in [-0.39, 0.29) is 17.7 Å². The highest BCUT2D eigenvalue weighted by Gasteiger charge is 2.32. The zero-order valence-corrected chi connectivity index (χ0v) is 20.1. The first-order valence-corrected chi connectivity index (χ1v) is 12.1. The van der Waals surface area contributed by atoms with Gasteiger partial charge in [-0.1, -0.05) is 18.2 Å². The number of benzene rings is 2. The van der Waals surface area contributed by atoms with Crippen molar-refractivity contribution in [2.45, 2.75) is 25.7 Å². The first kappa shape index (κ1) is 23.9. The number of methoxy groups -OCH3 is 2. The molecule has 2 saturated heterocycles. The molecule has 0 N–H and O–H groups in total. The van der Waals surface area contributed by atoms with Crippen molar-refractivity contribution in [3.05, 3.63) is 54.1 Å².